The minimum Gasteiger partial charge on any atom is -0.382 e. The van der Waals surface area contributed by atoms with Crippen molar-refractivity contribution >= 4 is 27.8 Å². The highest BCUT2D eigenvalue weighted by Crippen LogP contribution is 2.27. The van der Waals surface area contributed by atoms with Crippen LogP contribution < -0.4 is 5.73 Å². The molecule has 3 aromatic rings. The largest absolute Gasteiger partial charge is 0.382 e. The summed E-state index contributed by atoms with van der Waals surface area (Å²) in [5.41, 5.74) is 8.65. The van der Waals surface area contributed by atoms with Gasteiger partial charge in [0.05, 0.1) is 11.0 Å². The van der Waals surface area contributed by atoms with E-state index in [9.17, 15) is 0 Å². The van der Waals surface area contributed by atoms with Gasteiger partial charge in [-0.15, -0.1) is 0 Å². The van der Waals surface area contributed by atoms with Gasteiger partial charge in [-0.1, -0.05) is 32.0 Å². The van der Waals surface area contributed by atoms with Crippen molar-refractivity contribution in [3.8, 4) is 0 Å². The zero-order chi connectivity index (χ0) is 15.4. The number of pyridine rings is 1. The summed E-state index contributed by atoms with van der Waals surface area (Å²) in [6, 6.07) is 7.95. The number of aromatic nitrogens is 3. The average molecular weight is 286 g/mol. The lowest BCUT2D eigenvalue weighted by Gasteiger charge is -2.04. The van der Waals surface area contributed by atoms with Gasteiger partial charge < -0.3 is 15.0 Å². The maximum Gasteiger partial charge on any atom is 0.152 e. The SMILES string of the molecule is CC.CCOCc1nc2c(N)nc3ccccc3c2n1C. The molecule has 5 heteroatoms. The van der Waals surface area contributed by atoms with Gasteiger partial charge in [-0.3, -0.25) is 0 Å². The smallest absolute Gasteiger partial charge is 0.152 e. The second-order valence-corrected chi connectivity index (χ2v) is 4.44. The van der Waals surface area contributed by atoms with Crippen LogP contribution in [0.15, 0.2) is 24.3 Å². The van der Waals surface area contributed by atoms with E-state index in [2.05, 4.69) is 9.97 Å². The van der Waals surface area contributed by atoms with E-state index in [-0.39, 0.29) is 0 Å². The van der Waals surface area contributed by atoms with Crippen LogP contribution in [0.4, 0.5) is 5.82 Å². The highest BCUT2D eigenvalue weighted by molar-refractivity contribution is 6.06. The Morgan fingerprint density at radius 3 is 2.62 bits per heavy atom. The number of hydrogen-bond donors (Lipinski definition) is 1. The third kappa shape index (κ3) is 2.69. The van der Waals surface area contributed by atoms with Gasteiger partial charge in [0.15, 0.2) is 5.82 Å². The summed E-state index contributed by atoms with van der Waals surface area (Å²) in [5.74, 6) is 1.33. The van der Waals surface area contributed by atoms with Gasteiger partial charge in [0.2, 0.25) is 0 Å². The number of nitrogen functional groups attached to an aromatic ring is 1. The molecule has 112 valence electrons. The fraction of sp³-hybridized carbons (Fsp3) is 0.375. The minimum atomic E-state index is 0.465. The monoisotopic (exact) mass is 286 g/mol. The molecule has 2 aromatic heterocycles. The molecule has 0 saturated heterocycles. The van der Waals surface area contributed by atoms with Crippen LogP contribution in [0.3, 0.4) is 0 Å². The Hall–Kier alpha value is -2.14. The molecule has 3 rings (SSSR count). The molecule has 0 bridgehead atoms. The first kappa shape index (κ1) is 15.3. The molecule has 5 nitrogen and oxygen atoms in total. The molecule has 0 saturated carbocycles. The van der Waals surface area contributed by atoms with Crippen LogP contribution >= 0.6 is 0 Å². The average Bonchev–Trinajstić information content (AvgIpc) is 2.85. The molecule has 0 aliphatic carbocycles. The van der Waals surface area contributed by atoms with Gasteiger partial charge in [-0.2, -0.15) is 0 Å². The van der Waals surface area contributed by atoms with Crippen LogP contribution in [0.5, 0.6) is 0 Å². The number of aryl methyl sites for hydroxylation is 1. The van der Waals surface area contributed by atoms with Crippen molar-refractivity contribution in [3.05, 3.63) is 30.1 Å². The molecule has 0 atom stereocenters. The Balaban J connectivity index is 0.000000774. The zero-order valence-electron chi connectivity index (χ0n) is 13.1. The quantitative estimate of drug-likeness (QED) is 0.802. The van der Waals surface area contributed by atoms with Gasteiger partial charge in [-0.05, 0) is 13.0 Å². The summed E-state index contributed by atoms with van der Waals surface area (Å²) < 4.78 is 7.47. The normalized spacial score (nSPS) is 10.7. The van der Waals surface area contributed by atoms with E-state index in [4.69, 9.17) is 10.5 Å². The molecule has 2 heterocycles. The topological polar surface area (TPSA) is 66.0 Å². The van der Waals surface area contributed by atoms with Crippen molar-refractivity contribution < 1.29 is 4.74 Å². The minimum absolute atomic E-state index is 0.465. The number of anilines is 1. The van der Waals surface area contributed by atoms with Crippen molar-refractivity contribution in [1.82, 2.24) is 14.5 Å². The summed E-state index contributed by atoms with van der Waals surface area (Å²) in [6.45, 7) is 7.11. The van der Waals surface area contributed by atoms with Crippen molar-refractivity contribution in [1.29, 1.82) is 0 Å². The van der Waals surface area contributed by atoms with E-state index >= 15 is 0 Å². The lowest BCUT2D eigenvalue weighted by atomic mass is 10.2. The molecule has 1 aromatic carbocycles. The first-order valence-corrected chi connectivity index (χ1v) is 7.29. The molecule has 21 heavy (non-hydrogen) atoms. The van der Waals surface area contributed by atoms with Crippen LogP contribution in [0.1, 0.15) is 26.6 Å². The molecule has 0 aliphatic rings. The van der Waals surface area contributed by atoms with E-state index in [1.165, 1.54) is 0 Å². The van der Waals surface area contributed by atoms with Crippen LogP contribution in [0.2, 0.25) is 0 Å². The second kappa shape index (κ2) is 6.54. The number of rotatable bonds is 3. The number of hydrogen-bond acceptors (Lipinski definition) is 4. The summed E-state index contributed by atoms with van der Waals surface area (Å²) in [4.78, 5) is 8.95. The van der Waals surface area contributed by atoms with Crippen LogP contribution in [0.25, 0.3) is 21.9 Å². The summed E-state index contributed by atoms with van der Waals surface area (Å²) >= 11 is 0. The highest BCUT2D eigenvalue weighted by atomic mass is 16.5. The van der Waals surface area contributed by atoms with Crippen LogP contribution in [-0.2, 0) is 18.4 Å². The number of para-hydroxylation sites is 1. The molecular formula is C16H22N4O. The van der Waals surface area contributed by atoms with Crippen molar-refractivity contribution in [3.63, 3.8) is 0 Å². The zero-order valence-corrected chi connectivity index (χ0v) is 13.1. The van der Waals surface area contributed by atoms with Crippen LogP contribution in [0, 0.1) is 0 Å². The lowest BCUT2D eigenvalue weighted by molar-refractivity contribution is 0.126. The number of nitrogens with zero attached hydrogens (tertiary/aromatic N) is 3. The Bertz CT molecular complexity index is 749. The molecule has 0 aliphatic heterocycles. The number of fused-ring (bicyclic) bond motifs is 3. The predicted octanol–water partition coefficient (Wildman–Crippen LogP) is 3.27. The Morgan fingerprint density at radius 1 is 1.19 bits per heavy atom. The third-order valence-corrected chi connectivity index (χ3v) is 3.27. The third-order valence-electron chi connectivity index (χ3n) is 3.27. The van der Waals surface area contributed by atoms with Gasteiger partial charge in [-0.25, -0.2) is 9.97 Å². The predicted molar refractivity (Wildman–Crippen MR) is 87.1 cm³/mol. The molecule has 2 N–H and O–H groups in total. The van der Waals surface area contributed by atoms with E-state index < -0.39 is 0 Å². The highest BCUT2D eigenvalue weighted by Gasteiger charge is 2.14. The van der Waals surface area contributed by atoms with Crippen LogP contribution in [-0.4, -0.2) is 21.1 Å². The van der Waals surface area contributed by atoms with Crippen molar-refractivity contribution in [2.45, 2.75) is 27.4 Å². The van der Waals surface area contributed by atoms with Crippen molar-refractivity contribution in [2.24, 2.45) is 7.05 Å². The molecule has 0 fully saturated rings. The van der Waals surface area contributed by atoms with Gasteiger partial charge in [0.1, 0.15) is 17.9 Å². The lowest BCUT2D eigenvalue weighted by Crippen LogP contribution is -2.01. The first-order valence-electron chi connectivity index (χ1n) is 7.29. The second-order valence-electron chi connectivity index (χ2n) is 4.44. The van der Waals surface area contributed by atoms with Gasteiger partial charge >= 0.3 is 0 Å². The standard InChI is InChI=1S/C14H16N4O.C2H6/c1-3-19-8-11-17-12-13(18(11)2)9-6-4-5-7-10(9)16-14(12)15;1-2/h4-7H,3,8H2,1-2H3,(H2,15,16);1-2H3. The Morgan fingerprint density at radius 2 is 1.90 bits per heavy atom. The molecule has 0 radical (unpaired) electrons. The maximum atomic E-state index is 6.01. The Labute approximate surface area is 124 Å². The Kier molecular flexibility index (Phi) is 4.75. The van der Waals surface area contributed by atoms with E-state index in [0.717, 1.165) is 27.8 Å². The molecule has 0 amide bonds. The van der Waals surface area contributed by atoms with E-state index in [1.54, 1.807) is 0 Å². The number of benzene rings is 1. The summed E-state index contributed by atoms with van der Waals surface area (Å²) in [7, 11) is 1.98. The fourth-order valence-electron chi connectivity index (χ4n) is 2.31. The van der Waals surface area contributed by atoms with Gasteiger partial charge in [0.25, 0.3) is 0 Å². The number of imidazole rings is 1. The van der Waals surface area contributed by atoms with E-state index in [1.807, 2.05) is 56.7 Å². The van der Waals surface area contributed by atoms with Gasteiger partial charge in [0, 0.05) is 19.0 Å². The molecule has 0 spiro atoms. The summed E-state index contributed by atoms with van der Waals surface area (Å²) in [6.07, 6.45) is 0. The molecular weight excluding hydrogens is 264 g/mol. The first-order chi connectivity index (χ1) is 10.2. The number of nitrogens with two attached hydrogens (primary N) is 1. The van der Waals surface area contributed by atoms with Crippen molar-refractivity contribution in [2.75, 3.05) is 12.3 Å². The summed E-state index contributed by atoms with van der Waals surface area (Å²) in [5, 5.41) is 1.06. The number of ether oxygens (including phenoxy) is 1. The fourth-order valence-corrected chi connectivity index (χ4v) is 2.31. The maximum absolute atomic E-state index is 6.01. The molecule has 0 unspecified atom stereocenters. The van der Waals surface area contributed by atoms with E-state index in [0.29, 0.717) is 19.0 Å².